The lowest BCUT2D eigenvalue weighted by Crippen LogP contribution is -2.25. The Labute approximate surface area is 90.7 Å². The highest BCUT2D eigenvalue weighted by Gasteiger charge is 2.41. The third kappa shape index (κ3) is 2.13. The Hall–Kier alpha value is -1.65. The first-order valence-electron chi connectivity index (χ1n) is 4.88. The van der Waals surface area contributed by atoms with Gasteiger partial charge >= 0.3 is 11.9 Å². The predicted octanol–water partition coefficient (Wildman–Crippen LogP) is 2.40. The van der Waals surface area contributed by atoms with Crippen LogP contribution in [0.15, 0.2) is 24.3 Å². The monoisotopic (exact) mass is 228 g/mol. The van der Waals surface area contributed by atoms with Gasteiger partial charge in [-0.25, -0.2) is 4.79 Å². The topological polar surface area (TPSA) is 46.5 Å². The van der Waals surface area contributed by atoms with Gasteiger partial charge in [0.2, 0.25) is 0 Å². The minimum absolute atomic E-state index is 0.0914. The zero-order chi connectivity index (χ0) is 11.8. The van der Waals surface area contributed by atoms with Crippen molar-refractivity contribution in [1.82, 2.24) is 0 Å². The second-order valence-corrected chi connectivity index (χ2v) is 3.72. The van der Waals surface area contributed by atoms with Crippen LogP contribution in [-0.4, -0.2) is 17.2 Å². The zero-order valence-corrected chi connectivity index (χ0v) is 8.32. The van der Waals surface area contributed by atoms with Gasteiger partial charge in [0, 0.05) is 5.56 Å². The summed E-state index contributed by atoms with van der Waals surface area (Å²) < 4.78 is 31.6. The van der Waals surface area contributed by atoms with Crippen LogP contribution in [0.25, 0.3) is 0 Å². The maximum Gasteiger partial charge on any atom is 0.379 e. The van der Waals surface area contributed by atoms with Crippen LogP contribution < -0.4 is 4.74 Å². The molecule has 0 radical (unpaired) electrons. The van der Waals surface area contributed by atoms with Crippen molar-refractivity contribution in [3.8, 4) is 5.75 Å². The van der Waals surface area contributed by atoms with Crippen molar-refractivity contribution in [2.45, 2.75) is 24.9 Å². The van der Waals surface area contributed by atoms with Crippen LogP contribution in [0.5, 0.6) is 5.75 Å². The number of hydrogen-bond donors (Lipinski definition) is 1. The van der Waals surface area contributed by atoms with Crippen molar-refractivity contribution in [2.75, 3.05) is 0 Å². The summed E-state index contributed by atoms with van der Waals surface area (Å²) in [4.78, 5) is 10.4. The van der Waals surface area contributed by atoms with Gasteiger partial charge in [0.25, 0.3) is 0 Å². The van der Waals surface area contributed by atoms with E-state index in [9.17, 15) is 13.6 Å². The number of benzene rings is 1. The summed E-state index contributed by atoms with van der Waals surface area (Å²) in [5.74, 6) is -5.74. The minimum Gasteiger partial charge on any atom is -0.490 e. The summed E-state index contributed by atoms with van der Waals surface area (Å²) in [6, 6.07) is 5.06. The number of alkyl halides is 2. The van der Waals surface area contributed by atoms with Crippen LogP contribution in [0.1, 0.15) is 18.4 Å². The average molecular weight is 228 g/mol. The third-order valence-corrected chi connectivity index (χ3v) is 2.29. The Balaban J connectivity index is 2.23. The Morgan fingerprint density at radius 2 is 2.12 bits per heavy atom. The van der Waals surface area contributed by atoms with Crippen LogP contribution in [0, 0.1) is 0 Å². The summed E-state index contributed by atoms with van der Waals surface area (Å²) in [5, 5.41) is 8.39. The van der Waals surface area contributed by atoms with Crippen LogP contribution in [-0.2, 0) is 10.7 Å². The van der Waals surface area contributed by atoms with Crippen LogP contribution in [0.4, 0.5) is 8.78 Å². The highest BCUT2D eigenvalue weighted by molar-refractivity contribution is 5.77. The maximum atomic E-state index is 13.2. The number of hydrogen-bond acceptors (Lipinski definition) is 2. The number of carboxylic acids is 1. The van der Waals surface area contributed by atoms with E-state index in [4.69, 9.17) is 9.84 Å². The standard InChI is InChI=1S/C11H10F2O3/c12-11(13,10(14)15)7-2-1-3-9(6-7)16-8-4-5-8/h1-3,6,8H,4-5H2,(H,14,15). The number of aliphatic carboxylic acids is 1. The van der Waals surface area contributed by atoms with E-state index in [0.29, 0.717) is 5.75 Å². The van der Waals surface area contributed by atoms with E-state index in [1.165, 1.54) is 6.07 Å². The van der Waals surface area contributed by atoms with E-state index in [-0.39, 0.29) is 6.10 Å². The Kier molecular flexibility index (Phi) is 2.53. The highest BCUT2D eigenvalue weighted by Crippen LogP contribution is 2.32. The third-order valence-electron chi connectivity index (χ3n) is 2.29. The first kappa shape index (κ1) is 10.9. The van der Waals surface area contributed by atoms with Crippen LogP contribution in [0.2, 0.25) is 0 Å². The van der Waals surface area contributed by atoms with Crippen LogP contribution >= 0.6 is 0 Å². The van der Waals surface area contributed by atoms with Gasteiger partial charge in [0.05, 0.1) is 6.10 Å². The summed E-state index contributed by atoms with van der Waals surface area (Å²) in [5.41, 5.74) is -0.557. The molecule has 0 amide bonds. The van der Waals surface area contributed by atoms with E-state index in [2.05, 4.69) is 0 Å². The normalized spacial score (nSPS) is 15.9. The maximum absolute atomic E-state index is 13.2. The van der Waals surface area contributed by atoms with Gasteiger partial charge in [-0.05, 0) is 25.0 Å². The lowest BCUT2D eigenvalue weighted by molar-refractivity contribution is -0.166. The van der Waals surface area contributed by atoms with Gasteiger partial charge in [-0.1, -0.05) is 12.1 Å². The van der Waals surface area contributed by atoms with Crippen molar-refractivity contribution in [3.05, 3.63) is 29.8 Å². The molecule has 1 aromatic carbocycles. The molecule has 1 aliphatic rings. The fourth-order valence-electron chi connectivity index (χ4n) is 1.27. The molecular formula is C11H10F2O3. The zero-order valence-electron chi connectivity index (χ0n) is 8.32. The molecule has 2 rings (SSSR count). The number of ether oxygens (including phenoxy) is 1. The molecule has 0 atom stereocenters. The van der Waals surface area contributed by atoms with Gasteiger partial charge in [-0.3, -0.25) is 0 Å². The molecule has 1 aromatic rings. The summed E-state index contributed by atoms with van der Waals surface area (Å²) in [6.07, 6.45) is 1.92. The van der Waals surface area contributed by atoms with E-state index in [0.717, 1.165) is 25.0 Å². The van der Waals surface area contributed by atoms with E-state index < -0.39 is 17.5 Å². The highest BCUT2D eigenvalue weighted by atomic mass is 19.3. The Bertz CT molecular complexity index is 413. The second kappa shape index (κ2) is 3.73. The van der Waals surface area contributed by atoms with Gasteiger partial charge in [-0.2, -0.15) is 8.78 Å². The SMILES string of the molecule is O=C(O)C(F)(F)c1cccc(OC2CC2)c1. The molecule has 3 nitrogen and oxygen atoms in total. The summed E-state index contributed by atoms with van der Waals surface area (Å²) in [6.45, 7) is 0. The van der Waals surface area contributed by atoms with Crippen molar-refractivity contribution < 1.29 is 23.4 Å². The number of halogens is 2. The number of carboxylic acid groups (broad SMARTS) is 1. The van der Waals surface area contributed by atoms with Crippen molar-refractivity contribution in [1.29, 1.82) is 0 Å². The fraction of sp³-hybridized carbons (Fsp3) is 0.364. The molecule has 1 fully saturated rings. The Morgan fingerprint density at radius 3 is 2.69 bits per heavy atom. The van der Waals surface area contributed by atoms with Gasteiger partial charge < -0.3 is 9.84 Å². The first-order valence-corrected chi connectivity index (χ1v) is 4.88. The second-order valence-electron chi connectivity index (χ2n) is 3.72. The van der Waals surface area contributed by atoms with Gasteiger partial charge in [0.1, 0.15) is 5.75 Å². The molecule has 0 aromatic heterocycles. The van der Waals surface area contributed by atoms with Crippen LogP contribution in [0.3, 0.4) is 0 Å². The average Bonchev–Trinajstić information content (AvgIpc) is 3.02. The smallest absolute Gasteiger partial charge is 0.379 e. The first-order chi connectivity index (χ1) is 7.50. The predicted molar refractivity (Wildman–Crippen MR) is 51.6 cm³/mol. The molecule has 1 aliphatic carbocycles. The molecule has 1 saturated carbocycles. The molecule has 0 bridgehead atoms. The van der Waals surface area contributed by atoms with E-state index in [1.807, 2.05) is 0 Å². The largest absolute Gasteiger partial charge is 0.490 e. The van der Waals surface area contributed by atoms with Crippen molar-refractivity contribution >= 4 is 5.97 Å². The fourth-order valence-corrected chi connectivity index (χ4v) is 1.27. The van der Waals surface area contributed by atoms with Gasteiger partial charge in [-0.15, -0.1) is 0 Å². The molecule has 1 N–H and O–H groups in total. The lowest BCUT2D eigenvalue weighted by Gasteiger charge is -2.12. The van der Waals surface area contributed by atoms with Crippen molar-refractivity contribution in [2.24, 2.45) is 0 Å². The molecule has 86 valence electrons. The molecule has 16 heavy (non-hydrogen) atoms. The van der Waals surface area contributed by atoms with Gasteiger partial charge in [0.15, 0.2) is 0 Å². The molecular weight excluding hydrogens is 218 g/mol. The van der Waals surface area contributed by atoms with E-state index in [1.54, 1.807) is 6.07 Å². The minimum atomic E-state index is -3.87. The van der Waals surface area contributed by atoms with E-state index >= 15 is 0 Å². The molecule has 0 heterocycles. The number of carbonyl (C=O) groups is 1. The molecule has 0 saturated heterocycles. The molecule has 0 aliphatic heterocycles. The Morgan fingerprint density at radius 1 is 1.44 bits per heavy atom. The molecule has 5 heteroatoms. The lowest BCUT2D eigenvalue weighted by atomic mass is 10.1. The molecule has 0 unspecified atom stereocenters. The summed E-state index contributed by atoms with van der Waals surface area (Å²) >= 11 is 0. The quantitative estimate of drug-likeness (QED) is 0.860. The van der Waals surface area contributed by atoms with Crippen molar-refractivity contribution in [3.63, 3.8) is 0 Å². The molecule has 0 spiro atoms. The summed E-state index contributed by atoms with van der Waals surface area (Å²) in [7, 11) is 0. The number of rotatable bonds is 4.